The van der Waals surface area contributed by atoms with Gasteiger partial charge in [-0.15, -0.1) is 0 Å². The monoisotopic (exact) mass is 376 g/mol. The molecule has 0 spiro atoms. The molecule has 1 aromatic rings. The van der Waals surface area contributed by atoms with Crippen molar-refractivity contribution in [2.75, 3.05) is 18.8 Å². The summed E-state index contributed by atoms with van der Waals surface area (Å²) in [5.74, 6) is 4.84. The maximum Gasteiger partial charge on any atom is 0.239 e. The molecular formula is C20H28N2O3S. The van der Waals surface area contributed by atoms with Crippen LogP contribution in [0.2, 0.25) is 0 Å². The van der Waals surface area contributed by atoms with E-state index in [1.807, 2.05) is 12.1 Å². The number of furan rings is 1. The highest BCUT2D eigenvalue weighted by Crippen LogP contribution is 2.60. The summed E-state index contributed by atoms with van der Waals surface area (Å²) in [6.07, 6.45) is 8.75. The van der Waals surface area contributed by atoms with Crippen molar-refractivity contribution < 1.29 is 14.0 Å². The van der Waals surface area contributed by atoms with E-state index in [0.717, 1.165) is 54.3 Å². The Bertz CT molecular complexity index is 608. The third-order valence-corrected chi connectivity index (χ3v) is 7.30. The van der Waals surface area contributed by atoms with Crippen LogP contribution in [-0.4, -0.2) is 30.7 Å². The van der Waals surface area contributed by atoms with Crippen molar-refractivity contribution in [3.63, 3.8) is 0 Å². The third-order valence-electron chi connectivity index (χ3n) is 6.32. The topological polar surface area (TPSA) is 71.3 Å². The molecule has 6 heteroatoms. The van der Waals surface area contributed by atoms with Crippen molar-refractivity contribution in [1.29, 1.82) is 0 Å². The maximum atomic E-state index is 12.8. The minimum atomic E-state index is -0.173. The van der Waals surface area contributed by atoms with Gasteiger partial charge in [0.05, 0.1) is 18.6 Å². The van der Waals surface area contributed by atoms with Gasteiger partial charge in [0, 0.05) is 17.7 Å². The van der Waals surface area contributed by atoms with Gasteiger partial charge in [-0.2, -0.15) is 11.8 Å². The van der Waals surface area contributed by atoms with E-state index in [2.05, 4.69) is 10.6 Å². The molecule has 26 heavy (non-hydrogen) atoms. The first-order valence-electron chi connectivity index (χ1n) is 9.78. The molecule has 4 fully saturated rings. The molecule has 142 valence electrons. The second kappa shape index (κ2) is 7.67. The molecule has 4 saturated carbocycles. The van der Waals surface area contributed by atoms with E-state index < -0.39 is 0 Å². The fourth-order valence-corrected chi connectivity index (χ4v) is 6.39. The van der Waals surface area contributed by atoms with E-state index in [9.17, 15) is 9.59 Å². The summed E-state index contributed by atoms with van der Waals surface area (Å²) in [4.78, 5) is 24.8. The lowest BCUT2D eigenvalue weighted by Gasteiger charge is -2.55. The molecule has 4 aliphatic carbocycles. The van der Waals surface area contributed by atoms with Crippen LogP contribution in [0, 0.1) is 23.2 Å². The molecule has 5 rings (SSSR count). The zero-order chi connectivity index (χ0) is 18.0. The van der Waals surface area contributed by atoms with Crippen LogP contribution in [-0.2, 0) is 15.3 Å². The number of nitrogens with one attached hydrogen (secondary N) is 2. The summed E-state index contributed by atoms with van der Waals surface area (Å²) >= 11 is 1.72. The molecular weight excluding hydrogens is 348 g/mol. The van der Waals surface area contributed by atoms with Crippen LogP contribution in [0.15, 0.2) is 22.8 Å². The van der Waals surface area contributed by atoms with Crippen LogP contribution >= 0.6 is 11.8 Å². The fourth-order valence-electron chi connectivity index (χ4n) is 5.63. The summed E-state index contributed by atoms with van der Waals surface area (Å²) in [5, 5.41) is 5.82. The van der Waals surface area contributed by atoms with E-state index >= 15 is 0 Å². The van der Waals surface area contributed by atoms with Gasteiger partial charge in [-0.3, -0.25) is 9.59 Å². The Morgan fingerprint density at radius 1 is 1.12 bits per heavy atom. The van der Waals surface area contributed by atoms with Gasteiger partial charge in [0.15, 0.2) is 0 Å². The van der Waals surface area contributed by atoms with Gasteiger partial charge >= 0.3 is 0 Å². The normalized spacial score (nSPS) is 31.8. The molecule has 1 heterocycles. The first-order chi connectivity index (χ1) is 12.6. The van der Waals surface area contributed by atoms with Crippen molar-refractivity contribution in [3.05, 3.63) is 24.2 Å². The summed E-state index contributed by atoms with van der Waals surface area (Å²) in [5.41, 5.74) is -0.173. The molecule has 5 nitrogen and oxygen atoms in total. The van der Waals surface area contributed by atoms with Gasteiger partial charge in [0.1, 0.15) is 5.76 Å². The molecule has 0 unspecified atom stereocenters. The van der Waals surface area contributed by atoms with Gasteiger partial charge in [-0.05, 0) is 68.4 Å². The lowest BCUT2D eigenvalue weighted by molar-refractivity contribution is -0.147. The fraction of sp³-hybridized carbons (Fsp3) is 0.700. The summed E-state index contributed by atoms with van der Waals surface area (Å²) in [7, 11) is 0. The molecule has 0 atom stereocenters. The second-order valence-corrected chi connectivity index (χ2v) is 9.47. The third kappa shape index (κ3) is 3.95. The van der Waals surface area contributed by atoms with Crippen LogP contribution in [0.4, 0.5) is 0 Å². The second-order valence-electron chi connectivity index (χ2n) is 8.36. The van der Waals surface area contributed by atoms with Crippen molar-refractivity contribution in [2.45, 2.75) is 44.3 Å². The highest BCUT2D eigenvalue weighted by molar-refractivity contribution is 7.98. The van der Waals surface area contributed by atoms with E-state index in [-0.39, 0.29) is 23.8 Å². The van der Waals surface area contributed by atoms with Crippen molar-refractivity contribution in [2.24, 2.45) is 23.2 Å². The lowest BCUT2D eigenvalue weighted by Crippen LogP contribution is -2.54. The van der Waals surface area contributed by atoms with Crippen molar-refractivity contribution >= 4 is 23.6 Å². The Balaban J connectivity index is 1.15. The lowest BCUT2D eigenvalue weighted by atomic mass is 9.49. The number of carbonyl (C=O) groups is 2. The van der Waals surface area contributed by atoms with Crippen molar-refractivity contribution in [3.8, 4) is 0 Å². The smallest absolute Gasteiger partial charge is 0.239 e. The molecule has 0 aromatic carbocycles. The number of rotatable bonds is 8. The largest absolute Gasteiger partial charge is 0.468 e. The number of hydrogen-bond acceptors (Lipinski definition) is 4. The Morgan fingerprint density at radius 3 is 2.42 bits per heavy atom. The molecule has 0 radical (unpaired) electrons. The standard InChI is InChI=1S/C20H28N2O3S/c23-18(21-3-5-26-13-17-2-1-4-25-17)12-22-19(24)20-9-14-6-15(10-20)8-16(7-14)11-20/h1-2,4,14-16H,3,5-13H2,(H,21,23)(H,22,24). The zero-order valence-corrected chi connectivity index (χ0v) is 16.0. The number of carbonyl (C=O) groups excluding carboxylic acids is 2. The van der Waals surface area contributed by atoms with Crippen LogP contribution < -0.4 is 10.6 Å². The molecule has 2 amide bonds. The van der Waals surface area contributed by atoms with Crippen LogP contribution in [0.25, 0.3) is 0 Å². The van der Waals surface area contributed by atoms with E-state index in [0.29, 0.717) is 6.54 Å². The average Bonchev–Trinajstić information content (AvgIpc) is 3.11. The Kier molecular flexibility index (Phi) is 5.30. The molecule has 4 aliphatic rings. The highest BCUT2D eigenvalue weighted by Gasteiger charge is 2.54. The highest BCUT2D eigenvalue weighted by atomic mass is 32.2. The number of amides is 2. The quantitative estimate of drug-likeness (QED) is 0.684. The minimum absolute atomic E-state index is 0.0957. The van der Waals surface area contributed by atoms with Crippen LogP contribution in [0.3, 0.4) is 0 Å². The SMILES string of the molecule is O=C(CNC(=O)C12CC3CC(CC(C3)C1)C2)NCCSCc1ccco1. The molecule has 1 aromatic heterocycles. The summed E-state index contributed by atoms with van der Waals surface area (Å²) in [6, 6.07) is 3.83. The first-order valence-corrected chi connectivity index (χ1v) is 10.9. The predicted octanol–water partition coefficient (Wildman–Crippen LogP) is 2.96. The molecule has 0 aliphatic heterocycles. The molecule has 2 N–H and O–H groups in total. The Morgan fingerprint density at radius 2 is 1.81 bits per heavy atom. The predicted molar refractivity (Wildman–Crippen MR) is 101 cm³/mol. The summed E-state index contributed by atoms with van der Waals surface area (Å²) in [6.45, 7) is 0.709. The average molecular weight is 377 g/mol. The Labute approximate surface area is 159 Å². The summed E-state index contributed by atoms with van der Waals surface area (Å²) < 4.78 is 5.27. The van der Waals surface area contributed by atoms with Crippen LogP contribution in [0.1, 0.15) is 44.3 Å². The van der Waals surface area contributed by atoms with Gasteiger partial charge < -0.3 is 15.1 Å². The van der Waals surface area contributed by atoms with Gasteiger partial charge in [0.2, 0.25) is 11.8 Å². The first kappa shape index (κ1) is 18.0. The molecule has 0 saturated heterocycles. The van der Waals surface area contributed by atoms with E-state index in [4.69, 9.17) is 4.42 Å². The van der Waals surface area contributed by atoms with Crippen molar-refractivity contribution in [1.82, 2.24) is 10.6 Å². The molecule has 4 bridgehead atoms. The van der Waals surface area contributed by atoms with Gasteiger partial charge in [-0.1, -0.05) is 0 Å². The van der Waals surface area contributed by atoms with Crippen LogP contribution in [0.5, 0.6) is 0 Å². The maximum absolute atomic E-state index is 12.8. The van der Waals surface area contributed by atoms with E-state index in [1.165, 1.54) is 19.3 Å². The zero-order valence-electron chi connectivity index (χ0n) is 15.2. The minimum Gasteiger partial charge on any atom is -0.468 e. The Hall–Kier alpha value is -1.43. The van der Waals surface area contributed by atoms with E-state index in [1.54, 1.807) is 18.0 Å². The number of hydrogen-bond donors (Lipinski definition) is 2. The van der Waals surface area contributed by atoms with Gasteiger partial charge in [0.25, 0.3) is 0 Å². The number of thioether (sulfide) groups is 1. The van der Waals surface area contributed by atoms with Gasteiger partial charge in [-0.25, -0.2) is 0 Å².